The summed E-state index contributed by atoms with van der Waals surface area (Å²) < 4.78 is 18.4. The van der Waals surface area contributed by atoms with Crippen LogP contribution in [-0.4, -0.2) is 82.3 Å². The first-order valence-electron chi connectivity index (χ1n) is 49.0. The predicted molar refractivity (Wildman–Crippen MR) is 599 cm³/mol. The van der Waals surface area contributed by atoms with Crippen LogP contribution in [0.25, 0.3) is 232 Å². The van der Waals surface area contributed by atoms with Gasteiger partial charge in [-0.25, -0.2) is 4.98 Å². The second-order valence-electron chi connectivity index (χ2n) is 37.4. The molecule has 0 spiro atoms. The van der Waals surface area contributed by atoms with Crippen molar-refractivity contribution < 1.29 is 63.2 Å². The number of aromatic nitrogens is 10. The van der Waals surface area contributed by atoms with Crippen LogP contribution >= 0.6 is 0 Å². The first-order chi connectivity index (χ1) is 72.2. The van der Waals surface area contributed by atoms with Gasteiger partial charge < -0.3 is 57.2 Å². The van der Waals surface area contributed by atoms with Crippen molar-refractivity contribution in [2.75, 3.05) is 35.8 Å². The topological polar surface area (TPSA) is 84.7 Å². The summed E-state index contributed by atoms with van der Waals surface area (Å²) >= 11 is 0. The number of benzene rings is 18. The van der Waals surface area contributed by atoms with Gasteiger partial charge in [0, 0.05) is 138 Å². The number of fused-ring (bicyclic) bond motifs is 24. The molecule has 0 fully saturated rings. The molecule has 10 aromatic heterocycles. The second-order valence-corrected chi connectivity index (χ2v) is 37.4. The Morgan fingerprint density at radius 1 is 0.201 bits per heavy atom. The summed E-state index contributed by atoms with van der Waals surface area (Å²) in [6, 6.07) is 169. The molecule has 0 aliphatic carbocycles. The zero-order chi connectivity index (χ0) is 96.5. The Morgan fingerprint density at radius 3 is 0.832 bits per heavy atom. The van der Waals surface area contributed by atoms with Gasteiger partial charge in [0.15, 0.2) is 0 Å². The number of nitrogens with zero attached hydrogens (tertiary/aromatic N) is 16. The summed E-state index contributed by atoms with van der Waals surface area (Å²) in [5, 5.41) is 19.1. The Labute approximate surface area is 901 Å². The smallest absolute Gasteiger partial charge is 0.498 e. The molecule has 28 aromatic rings. The normalized spacial score (nSPS) is 13.3. The number of pyridine rings is 2. The summed E-state index contributed by atoms with van der Waals surface area (Å²) in [5.74, 6) is 3.22. The standard InChI is InChI=1S/C46H29N5.C45H29N6.C39H26N5.3Pt/c1-47-30-48(29-46(47)51-42-21-11-7-15-34(42)35-16-8-12-22-43(35)51)32-23-25-38-37-18-6-10-20-41(37)50(44(38)27-32)33-24-26-39-36-17-5-9-19-40(36)49(45(39)28-33)31-13-3-2-4-14-31;1-47-29-48(28-44(47)51-41-21-8-3-14-33(41)34-15-4-9-22-42(34)51)30-23-24-37-35-16-2-6-19-39(35)49(43(37)27-30)31-12-10-13-32(26-31)50-40-20-7-5-17-36(40)38-18-11-25-46-45(38)50;1-41-26-42(25-39(41)44-36-18-6-3-13-30(36)31-14-4-7-19-37(31)44)28-11-10-12-29(24-28)43-35-17-5-2-15-32(35)33-21-20-27(23-38(33)43)34-16-8-9-22-40-34;;;/h2-13,15-26,29-30H,1H3;2-25,28-29H,1H3;2-22,25-26H,1H3;;;/q-4;2*-3;;;+4. The quantitative estimate of drug-likeness (QED) is 0.112. The Hall–Kier alpha value is -17.3. The van der Waals surface area contributed by atoms with E-state index in [9.17, 15) is 0 Å². The molecule has 0 N–H and O–H groups in total. The van der Waals surface area contributed by atoms with Crippen LogP contribution in [0.15, 0.2) is 437 Å². The van der Waals surface area contributed by atoms with Crippen LogP contribution in [0.4, 0.5) is 17.1 Å². The number of rotatable bonds is 12. The van der Waals surface area contributed by atoms with Gasteiger partial charge in [0.2, 0.25) is 0 Å². The van der Waals surface area contributed by atoms with Crippen molar-refractivity contribution >= 4 is 209 Å². The fourth-order valence-corrected chi connectivity index (χ4v) is 22.7. The van der Waals surface area contributed by atoms with E-state index in [1.54, 1.807) is 0 Å². The fraction of sp³-hybridized carbons (Fsp3) is 0.0231. The third kappa shape index (κ3) is 14.8. The number of para-hydroxylation sites is 12. The Bertz CT molecular complexity index is 10100. The van der Waals surface area contributed by atoms with Crippen molar-refractivity contribution in [2.45, 2.75) is 0 Å². The van der Waals surface area contributed by atoms with Crippen molar-refractivity contribution in [3.8, 4) is 39.7 Å². The average Bonchev–Trinajstić information content (AvgIpc) is 1.51. The molecule has 13 heterocycles. The van der Waals surface area contributed by atoms with Gasteiger partial charge in [-0.05, 0) is 139 Å². The summed E-state index contributed by atoms with van der Waals surface area (Å²) in [6.07, 6.45) is 10.3. The summed E-state index contributed by atoms with van der Waals surface area (Å²) in [7, 11) is 6.31. The molecule has 0 atom stereocenters. The minimum absolute atomic E-state index is 0. The summed E-state index contributed by atoms with van der Waals surface area (Å²) in [5.41, 5.74) is 27.2. The Morgan fingerprint density at radius 2 is 0.463 bits per heavy atom. The molecule has 0 bridgehead atoms. The molecule has 16 nitrogen and oxygen atoms in total. The van der Waals surface area contributed by atoms with Crippen LogP contribution < -0.4 is 14.7 Å². The third-order valence-electron chi connectivity index (χ3n) is 29.1. The van der Waals surface area contributed by atoms with Crippen molar-refractivity contribution in [1.29, 1.82) is 0 Å². The molecular weight excluding hydrogens is 2370 g/mol. The van der Waals surface area contributed by atoms with E-state index >= 15 is 0 Å². The van der Waals surface area contributed by atoms with Gasteiger partial charge in [0.25, 0.3) is 0 Å². The molecule has 18 aromatic carbocycles. The second kappa shape index (κ2) is 37.0. The minimum Gasteiger partial charge on any atom is -0.498 e. The van der Waals surface area contributed by atoms with Crippen LogP contribution in [0.3, 0.4) is 0 Å². The molecule has 149 heavy (non-hydrogen) atoms. The van der Waals surface area contributed by atoms with Crippen LogP contribution in [0.5, 0.6) is 0 Å². The Balaban J connectivity index is 0.000000112. The van der Waals surface area contributed by atoms with Crippen molar-refractivity contribution in [1.82, 2.24) is 61.2 Å². The van der Waals surface area contributed by atoms with Crippen LogP contribution in [-0.2, 0) is 63.2 Å². The van der Waals surface area contributed by atoms with E-state index in [-0.39, 0.29) is 63.2 Å². The SMILES string of the molecule is CN1[CH-]N(c2[c-]c(-n3c4[c-]c(-c5ccccn5)ccc4c4ccccc43)ccc2)C=C1n1c2ccccc2c2ccccc21.CN1[CH-]N(c2[c-]c3c(cc2)c2ccccc2n3-c2[c-]c(-n3c4ccccc4c4cccnc43)ccc2)C=C1n1c2ccccc2c2ccccc21.CN1[CH-]N(c2[c-]c3c(cc2)c2ccccc2n3-c2[c-]c3c(cc2)c2ccccc2n3-c2[c-]cccc2)C=C1n1c2ccccc2c2ccccc21.[Pt+4].[Pt].[Pt]. The first kappa shape index (κ1) is 91.7. The molecule has 0 saturated carbocycles. The summed E-state index contributed by atoms with van der Waals surface area (Å²) in [4.78, 5) is 22.4. The number of hydrogen-bond acceptors (Lipinski definition) is 8. The van der Waals surface area contributed by atoms with E-state index in [1.165, 1.54) is 92.3 Å². The van der Waals surface area contributed by atoms with E-state index in [0.717, 1.165) is 156 Å². The van der Waals surface area contributed by atoms with E-state index in [4.69, 9.17) is 4.98 Å². The zero-order valence-electron chi connectivity index (χ0n) is 80.4. The molecule has 3 aliphatic rings. The first-order valence-corrected chi connectivity index (χ1v) is 49.0. The van der Waals surface area contributed by atoms with E-state index in [0.29, 0.717) is 0 Å². The van der Waals surface area contributed by atoms with Gasteiger partial charge in [-0.15, -0.1) is 136 Å². The van der Waals surface area contributed by atoms with Gasteiger partial charge in [0.1, 0.15) is 5.65 Å². The maximum Gasteiger partial charge on any atom is 4.00 e. The monoisotopic (exact) mass is 2450 g/mol. The van der Waals surface area contributed by atoms with E-state index in [1.807, 2.05) is 48.8 Å². The molecule has 31 rings (SSSR count). The number of anilines is 3. The van der Waals surface area contributed by atoms with Crippen LogP contribution in [0.1, 0.15) is 0 Å². The van der Waals surface area contributed by atoms with Gasteiger partial charge in [0.05, 0.1) is 56.1 Å². The fourth-order valence-electron chi connectivity index (χ4n) is 22.7. The van der Waals surface area contributed by atoms with Gasteiger partial charge in [-0.1, -0.05) is 263 Å². The molecule has 0 unspecified atom stereocenters. The van der Waals surface area contributed by atoms with Crippen LogP contribution in [0.2, 0.25) is 0 Å². The largest absolute Gasteiger partial charge is 4.00 e. The maximum absolute atomic E-state index is 4.82. The van der Waals surface area contributed by atoms with Crippen molar-refractivity contribution in [3.05, 3.63) is 500 Å². The maximum atomic E-state index is 4.82. The molecule has 0 saturated heterocycles. The molecular formula is C130H84N16Pt3-6. The van der Waals surface area contributed by atoms with Crippen molar-refractivity contribution in [2.24, 2.45) is 0 Å². The minimum atomic E-state index is 0. The van der Waals surface area contributed by atoms with Crippen molar-refractivity contribution in [3.63, 3.8) is 0 Å². The van der Waals surface area contributed by atoms with Crippen LogP contribution in [0, 0.1) is 62.5 Å². The average molecular weight is 2460 g/mol. The van der Waals surface area contributed by atoms with Gasteiger partial charge in [-0.2, -0.15) is 74.6 Å². The molecule has 19 heteroatoms. The van der Waals surface area contributed by atoms with Gasteiger partial charge >= 0.3 is 21.1 Å². The summed E-state index contributed by atoms with van der Waals surface area (Å²) in [6.45, 7) is 6.38. The Kier molecular flexibility index (Phi) is 22.8. The predicted octanol–water partition coefficient (Wildman–Crippen LogP) is 29.9. The molecule has 720 valence electrons. The third-order valence-corrected chi connectivity index (χ3v) is 29.1. The molecule has 3 aliphatic heterocycles. The number of hydrogen-bond donors (Lipinski definition) is 0. The van der Waals surface area contributed by atoms with Gasteiger partial charge in [-0.3, -0.25) is 13.7 Å². The van der Waals surface area contributed by atoms with E-state index < -0.39 is 0 Å². The molecule has 0 radical (unpaired) electrons. The molecule has 0 amide bonds. The van der Waals surface area contributed by atoms with E-state index in [2.05, 4.69) is 543 Å². The zero-order valence-corrected chi connectivity index (χ0v) is 87.2.